The standard InChI is InChI=1S/C21H28BrN5O2/c1-21(2)17-12-23-19(25-16-7-9-29-10-8-16)26-18(17)13-27(21)20(28)24-11-14-3-5-15(22)6-4-14/h3-6,12,16,19,23,25H,7-11,13H2,1-2H3,(H,24,28). The number of urea groups is 1. The van der Waals surface area contributed by atoms with Crippen LogP contribution >= 0.6 is 15.9 Å². The van der Waals surface area contributed by atoms with Gasteiger partial charge in [-0.05, 0) is 44.4 Å². The number of nitrogens with one attached hydrogen (secondary N) is 3. The minimum Gasteiger partial charge on any atom is -0.381 e. The normalized spacial score (nSPS) is 23.7. The van der Waals surface area contributed by atoms with Gasteiger partial charge in [0.25, 0.3) is 0 Å². The van der Waals surface area contributed by atoms with Gasteiger partial charge >= 0.3 is 6.03 Å². The van der Waals surface area contributed by atoms with E-state index < -0.39 is 5.54 Å². The maximum Gasteiger partial charge on any atom is 0.318 e. The number of ether oxygens (including phenoxy) is 1. The van der Waals surface area contributed by atoms with Crippen molar-refractivity contribution in [3.8, 4) is 0 Å². The van der Waals surface area contributed by atoms with E-state index in [2.05, 4.69) is 45.7 Å². The summed E-state index contributed by atoms with van der Waals surface area (Å²) in [6.07, 6.45) is 3.85. The van der Waals surface area contributed by atoms with Crippen molar-refractivity contribution in [3.63, 3.8) is 0 Å². The number of benzene rings is 1. The monoisotopic (exact) mass is 461 g/mol. The van der Waals surface area contributed by atoms with Crippen molar-refractivity contribution in [2.24, 2.45) is 4.99 Å². The summed E-state index contributed by atoms with van der Waals surface area (Å²) >= 11 is 3.43. The number of likely N-dealkylation sites (tertiary alicyclic amines) is 1. The number of aliphatic imine (C=N–C) groups is 1. The molecule has 2 amide bonds. The van der Waals surface area contributed by atoms with Crippen LogP contribution in [0.5, 0.6) is 0 Å². The molecular formula is C21H28BrN5O2. The molecule has 1 atom stereocenters. The first-order valence-corrected chi connectivity index (χ1v) is 10.9. The van der Waals surface area contributed by atoms with Gasteiger partial charge in [-0.1, -0.05) is 28.1 Å². The van der Waals surface area contributed by atoms with Crippen molar-refractivity contribution in [1.82, 2.24) is 20.9 Å². The summed E-state index contributed by atoms with van der Waals surface area (Å²) in [5.41, 5.74) is 2.69. The van der Waals surface area contributed by atoms with Crippen LogP contribution in [0.2, 0.25) is 0 Å². The predicted octanol–water partition coefficient (Wildman–Crippen LogP) is 2.73. The lowest BCUT2D eigenvalue weighted by atomic mass is 9.94. The van der Waals surface area contributed by atoms with Gasteiger partial charge in [-0.25, -0.2) is 9.79 Å². The molecule has 0 saturated carbocycles. The Labute approximate surface area is 180 Å². The van der Waals surface area contributed by atoms with E-state index in [0.29, 0.717) is 19.1 Å². The van der Waals surface area contributed by atoms with Crippen molar-refractivity contribution < 1.29 is 9.53 Å². The summed E-state index contributed by atoms with van der Waals surface area (Å²) < 4.78 is 6.45. The number of carbonyl (C=O) groups is 1. The van der Waals surface area contributed by atoms with Gasteiger partial charge in [0, 0.05) is 42.0 Å². The van der Waals surface area contributed by atoms with Crippen molar-refractivity contribution >= 4 is 27.7 Å². The molecule has 3 N–H and O–H groups in total. The Morgan fingerprint density at radius 3 is 2.76 bits per heavy atom. The lowest BCUT2D eigenvalue weighted by Gasteiger charge is -2.33. The number of halogens is 1. The second-order valence-corrected chi connectivity index (χ2v) is 9.10. The second-order valence-electron chi connectivity index (χ2n) is 8.19. The Balaban J connectivity index is 1.39. The molecule has 1 aromatic carbocycles. The molecule has 3 aliphatic rings. The number of amides is 2. The molecule has 156 valence electrons. The Morgan fingerprint density at radius 1 is 1.31 bits per heavy atom. The highest BCUT2D eigenvalue weighted by molar-refractivity contribution is 9.10. The summed E-state index contributed by atoms with van der Waals surface area (Å²) in [4.78, 5) is 19.6. The molecule has 1 unspecified atom stereocenters. The first-order chi connectivity index (χ1) is 13.9. The molecular weight excluding hydrogens is 434 g/mol. The molecule has 3 heterocycles. The molecule has 4 rings (SSSR count). The fraction of sp³-hybridized carbons (Fsp3) is 0.524. The van der Waals surface area contributed by atoms with Gasteiger partial charge in [-0.2, -0.15) is 0 Å². The second kappa shape index (κ2) is 8.45. The van der Waals surface area contributed by atoms with E-state index in [0.717, 1.165) is 47.4 Å². The number of hydrogen-bond acceptors (Lipinski definition) is 5. The molecule has 2 fully saturated rings. The van der Waals surface area contributed by atoms with E-state index >= 15 is 0 Å². The maximum absolute atomic E-state index is 12.9. The molecule has 7 nitrogen and oxygen atoms in total. The van der Waals surface area contributed by atoms with Gasteiger partial charge in [0.15, 0.2) is 6.29 Å². The molecule has 0 bridgehead atoms. The fourth-order valence-corrected chi connectivity index (χ4v) is 4.29. The summed E-state index contributed by atoms with van der Waals surface area (Å²) in [6.45, 7) is 6.72. The Hall–Kier alpha value is -1.90. The average Bonchev–Trinajstić information content (AvgIpc) is 2.98. The van der Waals surface area contributed by atoms with E-state index in [1.165, 1.54) is 0 Å². The quantitative estimate of drug-likeness (QED) is 0.643. The summed E-state index contributed by atoms with van der Waals surface area (Å²) in [7, 11) is 0. The minimum absolute atomic E-state index is 0.0788. The van der Waals surface area contributed by atoms with Gasteiger partial charge in [-0.3, -0.25) is 5.32 Å². The van der Waals surface area contributed by atoms with Crippen molar-refractivity contribution in [2.75, 3.05) is 19.8 Å². The molecule has 8 heteroatoms. The molecule has 0 radical (unpaired) electrons. The first kappa shape index (κ1) is 20.4. The van der Waals surface area contributed by atoms with Crippen molar-refractivity contribution in [1.29, 1.82) is 0 Å². The third-order valence-corrected chi connectivity index (χ3v) is 6.37. The van der Waals surface area contributed by atoms with Crippen LogP contribution in [0.4, 0.5) is 4.79 Å². The molecule has 1 aromatic rings. The molecule has 0 aromatic heterocycles. The predicted molar refractivity (Wildman–Crippen MR) is 117 cm³/mol. The molecule has 3 aliphatic heterocycles. The van der Waals surface area contributed by atoms with Crippen LogP contribution in [0.3, 0.4) is 0 Å². The zero-order valence-electron chi connectivity index (χ0n) is 16.9. The van der Waals surface area contributed by atoms with E-state index in [1.807, 2.05) is 35.4 Å². The lowest BCUT2D eigenvalue weighted by molar-refractivity contribution is 0.0743. The number of carbonyl (C=O) groups excluding carboxylic acids is 1. The topological polar surface area (TPSA) is 78.0 Å². The van der Waals surface area contributed by atoms with Gasteiger partial charge in [-0.15, -0.1) is 0 Å². The third-order valence-electron chi connectivity index (χ3n) is 5.84. The zero-order chi connectivity index (χ0) is 20.4. The van der Waals surface area contributed by atoms with Crippen LogP contribution in [-0.4, -0.2) is 54.3 Å². The largest absolute Gasteiger partial charge is 0.381 e. The number of fused-ring (bicyclic) bond motifs is 1. The Bertz CT molecular complexity index is 815. The lowest BCUT2D eigenvalue weighted by Crippen LogP contribution is -2.49. The van der Waals surface area contributed by atoms with Gasteiger partial charge in [0.05, 0.1) is 17.8 Å². The molecule has 0 aliphatic carbocycles. The van der Waals surface area contributed by atoms with Crippen LogP contribution in [0.15, 0.2) is 45.5 Å². The van der Waals surface area contributed by atoms with Crippen molar-refractivity contribution in [2.45, 2.75) is 51.1 Å². The SMILES string of the molecule is CC1(C)C2=CNC(NC3CCOCC3)N=C2CN1C(=O)NCc1ccc(Br)cc1. The molecule has 0 spiro atoms. The number of hydrogen-bond donors (Lipinski definition) is 3. The zero-order valence-corrected chi connectivity index (χ0v) is 18.5. The van der Waals surface area contributed by atoms with Crippen LogP contribution in [0, 0.1) is 0 Å². The first-order valence-electron chi connectivity index (χ1n) is 10.1. The van der Waals surface area contributed by atoms with Crippen LogP contribution in [-0.2, 0) is 11.3 Å². The van der Waals surface area contributed by atoms with Gasteiger partial charge in [0.2, 0.25) is 0 Å². The summed E-state index contributed by atoms with van der Waals surface area (Å²) in [5.74, 6) is 0. The third kappa shape index (κ3) is 4.49. The van der Waals surface area contributed by atoms with Crippen LogP contribution < -0.4 is 16.0 Å². The highest BCUT2D eigenvalue weighted by Gasteiger charge is 2.45. The average molecular weight is 462 g/mol. The van der Waals surface area contributed by atoms with Crippen molar-refractivity contribution in [3.05, 3.63) is 46.1 Å². The van der Waals surface area contributed by atoms with Crippen LogP contribution in [0.1, 0.15) is 32.3 Å². The molecule has 29 heavy (non-hydrogen) atoms. The summed E-state index contributed by atoms with van der Waals surface area (Å²) in [6, 6.07) is 8.29. The number of nitrogens with zero attached hydrogens (tertiary/aromatic N) is 2. The van der Waals surface area contributed by atoms with Crippen LogP contribution in [0.25, 0.3) is 0 Å². The Morgan fingerprint density at radius 2 is 2.03 bits per heavy atom. The van der Waals surface area contributed by atoms with E-state index in [1.54, 1.807) is 0 Å². The van der Waals surface area contributed by atoms with E-state index in [-0.39, 0.29) is 12.3 Å². The highest BCUT2D eigenvalue weighted by Crippen LogP contribution is 2.33. The Kier molecular flexibility index (Phi) is 5.94. The summed E-state index contributed by atoms with van der Waals surface area (Å²) in [5, 5.41) is 9.94. The smallest absolute Gasteiger partial charge is 0.318 e. The van der Waals surface area contributed by atoms with Gasteiger partial charge in [0.1, 0.15) is 0 Å². The number of rotatable bonds is 4. The fourth-order valence-electron chi connectivity index (χ4n) is 4.03. The van der Waals surface area contributed by atoms with E-state index in [4.69, 9.17) is 9.73 Å². The van der Waals surface area contributed by atoms with E-state index in [9.17, 15) is 4.79 Å². The molecule has 2 saturated heterocycles. The van der Waals surface area contributed by atoms with Gasteiger partial charge < -0.3 is 20.3 Å². The highest BCUT2D eigenvalue weighted by atomic mass is 79.9. The maximum atomic E-state index is 12.9. The minimum atomic E-state index is -0.417.